The van der Waals surface area contributed by atoms with Crippen LogP contribution in [0.4, 0.5) is 0 Å². The molecule has 0 aromatic heterocycles. The molecule has 0 amide bonds. The van der Waals surface area contributed by atoms with Gasteiger partial charge in [-0.15, -0.1) is 0 Å². The summed E-state index contributed by atoms with van der Waals surface area (Å²) >= 11 is 0. The summed E-state index contributed by atoms with van der Waals surface area (Å²) < 4.78 is 5.37. The standard InChI is InChI=1S/C12H12O2/c1-3-7-14-12-6-5-10(9-13)8-11(12)4-2/h3-6,8-9H,1-2,7H2. The fraction of sp³-hybridized carbons (Fsp3) is 0.0833. The topological polar surface area (TPSA) is 26.3 Å². The Morgan fingerprint density at radius 3 is 2.71 bits per heavy atom. The van der Waals surface area contributed by atoms with E-state index in [1.807, 2.05) is 0 Å². The monoisotopic (exact) mass is 188 g/mol. The zero-order chi connectivity index (χ0) is 10.4. The number of ether oxygens (including phenoxy) is 1. The van der Waals surface area contributed by atoms with Gasteiger partial charge in [0.15, 0.2) is 0 Å². The average molecular weight is 188 g/mol. The van der Waals surface area contributed by atoms with Gasteiger partial charge in [-0.25, -0.2) is 0 Å². The maximum atomic E-state index is 10.5. The van der Waals surface area contributed by atoms with Crippen LogP contribution in [0.2, 0.25) is 0 Å². The number of aldehydes is 1. The molecule has 0 fully saturated rings. The molecular formula is C12H12O2. The molecular weight excluding hydrogens is 176 g/mol. The van der Waals surface area contributed by atoms with Crippen molar-refractivity contribution in [2.24, 2.45) is 0 Å². The number of carbonyl (C=O) groups excluding carboxylic acids is 1. The maximum Gasteiger partial charge on any atom is 0.150 e. The zero-order valence-corrected chi connectivity index (χ0v) is 7.90. The Morgan fingerprint density at radius 1 is 1.36 bits per heavy atom. The van der Waals surface area contributed by atoms with E-state index in [0.29, 0.717) is 17.9 Å². The molecule has 0 heterocycles. The Kier molecular flexibility index (Phi) is 3.68. The lowest BCUT2D eigenvalue weighted by Gasteiger charge is -2.07. The second-order valence-electron chi connectivity index (χ2n) is 2.72. The summed E-state index contributed by atoms with van der Waals surface area (Å²) in [5, 5.41) is 0. The van der Waals surface area contributed by atoms with Crippen molar-refractivity contribution in [1.82, 2.24) is 0 Å². The molecule has 1 aromatic rings. The Balaban J connectivity index is 2.98. The van der Waals surface area contributed by atoms with Crippen molar-refractivity contribution >= 4 is 12.4 Å². The molecule has 0 radical (unpaired) electrons. The first-order valence-corrected chi connectivity index (χ1v) is 4.27. The molecule has 2 heteroatoms. The summed E-state index contributed by atoms with van der Waals surface area (Å²) in [5.41, 5.74) is 1.43. The van der Waals surface area contributed by atoms with Crippen LogP contribution in [0.1, 0.15) is 15.9 Å². The van der Waals surface area contributed by atoms with E-state index in [-0.39, 0.29) is 0 Å². The second-order valence-corrected chi connectivity index (χ2v) is 2.72. The van der Waals surface area contributed by atoms with E-state index < -0.39 is 0 Å². The van der Waals surface area contributed by atoms with Crippen molar-refractivity contribution in [2.45, 2.75) is 0 Å². The van der Waals surface area contributed by atoms with Crippen molar-refractivity contribution < 1.29 is 9.53 Å². The predicted molar refractivity (Wildman–Crippen MR) is 57.6 cm³/mol. The van der Waals surface area contributed by atoms with E-state index in [9.17, 15) is 4.79 Å². The van der Waals surface area contributed by atoms with Crippen LogP contribution in [0.25, 0.3) is 6.08 Å². The minimum Gasteiger partial charge on any atom is -0.489 e. The van der Waals surface area contributed by atoms with Gasteiger partial charge in [0.1, 0.15) is 18.6 Å². The van der Waals surface area contributed by atoms with Gasteiger partial charge < -0.3 is 4.74 Å². The molecule has 1 rings (SSSR count). The van der Waals surface area contributed by atoms with Crippen molar-refractivity contribution in [2.75, 3.05) is 6.61 Å². The second kappa shape index (κ2) is 5.02. The average Bonchev–Trinajstić information content (AvgIpc) is 2.26. The first-order chi connectivity index (χ1) is 6.81. The van der Waals surface area contributed by atoms with Gasteiger partial charge in [-0.3, -0.25) is 4.79 Å². The van der Waals surface area contributed by atoms with Crippen LogP contribution in [-0.4, -0.2) is 12.9 Å². The van der Waals surface area contributed by atoms with Gasteiger partial charge in [-0.05, 0) is 18.2 Å². The van der Waals surface area contributed by atoms with E-state index in [1.54, 1.807) is 30.4 Å². The van der Waals surface area contributed by atoms with Crippen molar-refractivity contribution in [1.29, 1.82) is 0 Å². The molecule has 0 atom stereocenters. The van der Waals surface area contributed by atoms with Gasteiger partial charge in [0.2, 0.25) is 0 Å². The molecule has 1 aromatic carbocycles. The molecule has 72 valence electrons. The molecule has 0 aliphatic rings. The number of carbonyl (C=O) groups is 1. The molecule has 2 nitrogen and oxygen atoms in total. The normalized spacial score (nSPS) is 9.14. The summed E-state index contributed by atoms with van der Waals surface area (Å²) in [6, 6.07) is 5.20. The van der Waals surface area contributed by atoms with Gasteiger partial charge >= 0.3 is 0 Å². The van der Waals surface area contributed by atoms with Crippen LogP contribution in [0.3, 0.4) is 0 Å². The highest BCUT2D eigenvalue weighted by Gasteiger charge is 2.00. The van der Waals surface area contributed by atoms with Gasteiger partial charge in [0.25, 0.3) is 0 Å². The molecule has 0 aliphatic heterocycles. The Hall–Kier alpha value is -1.83. The van der Waals surface area contributed by atoms with Crippen LogP contribution in [0.5, 0.6) is 5.75 Å². The fourth-order valence-corrected chi connectivity index (χ4v) is 1.08. The predicted octanol–water partition coefficient (Wildman–Crippen LogP) is 2.71. The molecule has 0 saturated carbocycles. The SMILES string of the molecule is C=CCOc1ccc(C=O)cc1C=C. The third-order valence-electron chi connectivity index (χ3n) is 1.75. The number of hydrogen-bond acceptors (Lipinski definition) is 2. The summed E-state index contributed by atoms with van der Waals surface area (Å²) in [6.07, 6.45) is 4.12. The van der Waals surface area contributed by atoms with Gasteiger partial charge in [-0.1, -0.05) is 25.3 Å². The number of rotatable bonds is 5. The lowest BCUT2D eigenvalue weighted by molar-refractivity contribution is 0.112. The fourth-order valence-electron chi connectivity index (χ4n) is 1.08. The van der Waals surface area contributed by atoms with E-state index >= 15 is 0 Å². The highest BCUT2D eigenvalue weighted by atomic mass is 16.5. The quantitative estimate of drug-likeness (QED) is 0.524. The summed E-state index contributed by atoms with van der Waals surface area (Å²) in [5.74, 6) is 0.713. The van der Waals surface area contributed by atoms with Gasteiger partial charge in [-0.2, -0.15) is 0 Å². The molecule has 0 aliphatic carbocycles. The Morgan fingerprint density at radius 2 is 2.14 bits per heavy atom. The molecule has 0 N–H and O–H groups in total. The van der Waals surface area contributed by atoms with Crippen LogP contribution in [0, 0.1) is 0 Å². The van der Waals surface area contributed by atoms with E-state index in [4.69, 9.17) is 4.74 Å². The molecule has 0 unspecified atom stereocenters. The lowest BCUT2D eigenvalue weighted by atomic mass is 10.1. The number of hydrogen-bond donors (Lipinski definition) is 0. The third kappa shape index (κ3) is 2.33. The lowest BCUT2D eigenvalue weighted by Crippen LogP contribution is -1.95. The Bertz CT molecular complexity index is 353. The first kappa shape index (κ1) is 10.3. The van der Waals surface area contributed by atoms with Crippen LogP contribution < -0.4 is 4.74 Å². The Labute approximate surface area is 83.5 Å². The van der Waals surface area contributed by atoms with E-state index in [2.05, 4.69) is 13.2 Å². The third-order valence-corrected chi connectivity index (χ3v) is 1.75. The van der Waals surface area contributed by atoms with E-state index in [0.717, 1.165) is 11.8 Å². The summed E-state index contributed by atoms with van der Waals surface area (Å²) in [4.78, 5) is 10.5. The molecule has 0 saturated heterocycles. The molecule has 0 spiro atoms. The van der Waals surface area contributed by atoms with Crippen LogP contribution in [0.15, 0.2) is 37.4 Å². The van der Waals surface area contributed by atoms with Crippen molar-refractivity contribution in [3.05, 3.63) is 48.6 Å². The largest absolute Gasteiger partial charge is 0.489 e. The van der Waals surface area contributed by atoms with Crippen molar-refractivity contribution in [3.63, 3.8) is 0 Å². The highest BCUT2D eigenvalue weighted by molar-refractivity contribution is 5.77. The van der Waals surface area contributed by atoms with Gasteiger partial charge in [0, 0.05) is 11.1 Å². The smallest absolute Gasteiger partial charge is 0.150 e. The number of benzene rings is 1. The highest BCUT2D eigenvalue weighted by Crippen LogP contribution is 2.20. The van der Waals surface area contributed by atoms with E-state index in [1.165, 1.54) is 0 Å². The first-order valence-electron chi connectivity index (χ1n) is 4.27. The van der Waals surface area contributed by atoms with Crippen LogP contribution in [-0.2, 0) is 0 Å². The maximum absolute atomic E-state index is 10.5. The molecule has 14 heavy (non-hydrogen) atoms. The van der Waals surface area contributed by atoms with Crippen molar-refractivity contribution in [3.8, 4) is 5.75 Å². The molecule has 0 bridgehead atoms. The summed E-state index contributed by atoms with van der Waals surface area (Å²) in [6.45, 7) is 7.66. The summed E-state index contributed by atoms with van der Waals surface area (Å²) in [7, 11) is 0. The zero-order valence-electron chi connectivity index (χ0n) is 7.90. The minimum absolute atomic E-state index is 0.446. The van der Waals surface area contributed by atoms with Gasteiger partial charge in [0.05, 0.1) is 0 Å². The minimum atomic E-state index is 0.446. The van der Waals surface area contributed by atoms with Crippen LogP contribution >= 0.6 is 0 Å².